The van der Waals surface area contributed by atoms with E-state index in [9.17, 15) is 34.8 Å². The summed E-state index contributed by atoms with van der Waals surface area (Å²) in [6.07, 6.45) is 0.192. The summed E-state index contributed by atoms with van der Waals surface area (Å²) in [6.45, 7) is 1.57. The Balaban J connectivity index is 1.99. The second kappa shape index (κ2) is 7.06. The fraction of sp³-hybridized carbons (Fsp3) is 0.409. The molecule has 170 valence electrons. The average Bonchev–Trinajstić information content (AvgIpc) is 2.68. The minimum atomic E-state index is -2.65. The first-order valence-electron chi connectivity index (χ1n) is 9.99. The molecule has 0 radical (unpaired) electrons. The predicted molar refractivity (Wildman–Crippen MR) is 113 cm³/mol. The lowest BCUT2D eigenvalue weighted by Gasteiger charge is -2.50. The second-order valence-corrected chi connectivity index (χ2v) is 9.25. The molecule has 3 aliphatic carbocycles. The summed E-state index contributed by atoms with van der Waals surface area (Å²) in [6, 6.07) is 0.513. The van der Waals surface area contributed by atoms with Crippen molar-refractivity contribution in [3.63, 3.8) is 0 Å². The third-order valence-electron chi connectivity index (χ3n) is 6.86. The van der Waals surface area contributed by atoms with Crippen LogP contribution in [0.5, 0.6) is 5.75 Å². The topological polar surface area (TPSA) is 161 Å². The van der Waals surface area contributed by atoms with Crippen LogP contribution in [0, 0.1) is 18.8 Å². The molecule has 0 aliphatic heterocycles. The first-order valence-corrected chi connectivity index (χ1v) is 10.4. The molecule has 0 unspecified atom stereocenters. The van der Waals surface area contributed by atoms with E-state index in [0.29, 0.717) is 11.1 Å². The number of likely N-dealkylation sites (N-methyl/N-ethyl adjacent to an activating group) is 1. The molecule has 32 heavy (non-hydrogen) atoms. The number of nitrogens with zero attached hydrogens (tertiary/aromatic N) is 1. The Labute approximate surface area is 188 Å². The molecular formula is C22H23ClN2O7. The summed E-state index contributed by atoms with van der Waals surface area (Å²) in [5.74, 6) is -6.77. The highest BCUT2D eigenvalue weighted by molar-refractivity contribution is 6.33. The van der Waals surface area contributed by atoms with Crippen molar-refractivity contribution in [2.24, 2.45) is 17.6 Å². The van der Waals surface area contributed by atoms with Gasteiger partial charge in [0, 0.05) is 16.5 Å². The first kappa shape index (κ1) is 22.3. The minimum Gasteiger partial charge on any atom is -0.510 e. The number of halogens is 1. The van der Waals surface area contributed by atoms with Crippen LogP contribution in [-0.2, 0) is 16.0 Å². The predicted octanol–water partition coefficient (Wildman–Crippen LogP) is 1.08. The SMILES string of the molecule is Cc1cc(Cl)c2c(c1O)C(=O)C1=C(O)[C@]3(O)C(=O)C(C(N)=O)=C(O)[C@@H](N(C)C)[C@@H]3C[C@@H]1C2. The van der Waals surface area contributed by atoms with Crippen molar-refractivity contribution in [1.29, 1.82) is 0 Å². The van der Waals surface area contributed by atoms with Gasteiger partial charge in [0.2, 0.25) is 5.78 Å². The molecule has 4 atom stereocenters. The Morgan fingerprint density at radius 1 is 1.25 bits per heavy atom. The van der Waals surface area contributed by atoms with E-state index in [-0.39, 0.29) is 34.8 Å². The fourth-order valence-corrected chi connectivity index (χ4v) is 5.73. The third kappa shape index (κ3) is 2.68. The number of phenolic OH excluding ortho intramolecular Hbond substituents is 1. The molecule has 1 aromatic rings. The van der Waals surface area contributed by atoms with Crippen LogP contribution in [0.4, 0.5) is 0 Å². The van der Waals surface area contributed by atoms with E-state index in [1.807, 2.05) is 0 Å². The average molecular weight is 463 g/mol. The summed E-state index contributed by atoms with van der Waals surface area (Å²) >= 11 is 6.34. The van der Waals surface area contributed by atoms with Crippen molar-refractivity contribution in [3.8, 4) is 5.75 Å². The lowest BCUT2D eigenvalue weighted by atomic mass is 9.58. The number of amides is 1. The van der Waals surface area contributed by atoms with Crippen molar-refractivity contribution in [2.75, 3.05) is 14.1 Å². The molecule has 1 amide bonds. The van der Waals surface area contributed by atoms with Crippen LogP contribution < -0.4 is 5.73 Å². The van der Waals surface area contributed by atoms with E-state index in [1.165, 1.54) is 11.0 Å². The summed E-state index contributed by atoms with van der Waals surface area (Å²) in [5.41, 5.74) is 2.29. The zero-order valence-electron chi connectivity index (χ0n) is 17.6. The number of aromatic hydroxyl groups is 1. The van der Waals surface area contributed by atoms with E-state index < -0.39 is 58.0 Å². The molecule has 0 aromatic heterocycles. The number of rotatable bonds is 2. The Bertz CT molecular complexity index is 1170. The van der Waals surface area contributed by atoms with Crippen LogP contribution >= 0.6 is 11.6 Å². The van der Waals surface area contributed by atoms with Gasteiger partial charge in [-0.15, -0.1) is 0 Å². The molecule has 0 spiro atoms. The number of phenols is 1. The van der Waals surface area contributed by atoms with Crippen molar-refractivity contribution < 1.29 is 34.8 Å². The molecule has 9 nitrogen and oxygen atoms in total. The molecule has 0 bridgehead atoms. The number of hydrogen-bond acceptors (Lipinski definition) is 8. The first-order chi connectivity index (χ1) is 14.8. The molecule has 0 saturated heterocycles. The van der Waals surface area contributed by atoms with Gasteiger partial charge in [0.25, 0.3) is 5.91 Å². The lowest BCUT2D eigenvalue weighted by Crippen LogP contribution is -2.63. The molecule has 10 heteroatoms. The van der Waals surface area contributed by atoms with E-state index in [1.54, 1.807) is 21.0 Å². The van der Waals surface area contributed by atoms with Crippen molar-refractivity contribution in [1.82, 2.24) is 4.90 Å². The largest absolute Gasteiger partial charge is 0.510 e. The molecule has 3 aliphatic rings. The number of fused-ring (bicyclic) bond motifs is 3. The number of hydrogen-bond donors (Lipinski definition) is 5. The number of benzene rings is 1. The molecule has 0 saturated carbocycles. The number of primary amides is 1. The van der Waals surface area contributed by atoms with Crippen LogP contribution in [0.2, 0.25) is 5.02 Å². The number of ketones is 2. The maximum absolute atomic E-state index is 13.4. The number of aliphatic hydroxyl groups is 3. The lowest BCUT2D eigenvalue weighted by molar-refractivity contribution is -0.148. The fourth-order valence-electron chi connectivity index (χ4n) is 5.40. The second-order valence-electron chi connectivity index (χ2n) is 8.84. The van der Waals surface area contributed by atoms with Gasteiger partial charge in [-0.3, -0.25) is 19.3 Å². The normalized spacial score (nSPS) is 29.8. The van der Waals surface area contributed by atoms with E-state index >= 15 is 0 Å². The van der Waals surface area contributed by atoms with Gasteiger partial charge in [0.15, 0.2) is 11.4 Å². The van der Waals surface area contributed by atoms with Gasteiger partial charge in [-0.2, -0.15) is 0 Å². The van der Waals surface area contributed by atoms with Gasteiger partial charge in [-0.25, -0.2) is 0 Å². The third-order valence-corrected chi connectivity index (χ3v) is 7.20. The van der Waals surface area contributed by atoms with Crippen LogP contribution in [0.1, 0.15) is 27.9 Å². The van der Waals surface area contributed by atoms with Gasteiger partial charge < -0.3 is 26.2 Å². The molecule has 6 N–H and O–H groups in total. The monoisotopic (exact) mass is 462 g/mol. The Morgan fingerprint density at radius 3 is 2.44 bits per heavy atom. The molecule has 4 rings (SSSR count). The number of carbonyl (C=O) groups is 3. The maximum Gasteiger partial charge on any atom is 0.255 e. The zero-order valence-corrected chi connectivity index (χ0v) is 18.4. The van der Waals surface area contributed by atoms with E-state index in [4.69, 9.17) is 17.3 Å². The van der Waals surface area contributed by atoms with Gasteiger partial charge in [-0.1, -0.05) is 11.6 Å². The number of aryl methyl sites for hydroxylation is 1. The Kier molecular flexibility index (Phi) is 4.92. The Morgan fingerprint density at radius 2 is 1.88 bits per heavy atom. The molecule has 0 fully saturated rings. The van der Waals surface area contributed by atoms with Gasteiger partial charge in [0.1, 0.15) is 22.8 Å². The summed E-state index contributed by atoms with van der Waals surface area (Å²) < 4.78 is 0. The van der Waals surface area contributed by atoms with Gasteiger partial charge in [-0.05, 0) is 57.0 Å². The molecule has 1 aromatic carbocycles. The van der Waals surface area contributed by atoms with Crippen LogP contribution in [0.3, 0.4) is 0 Å². The van der Waals surface area contributed by atoms with Crippen LogP contribution in [0.15, 0.2) is 28.7 Å². The number of nitrogens with two attached hydrogens (primary N) is 1. The van der Waals surface area contributed by atoms with Crippen LogP contribution in [-0.4, -0.2) is 68.5 Å². The maximum atomic E-state index is 13.4. The van der Waals surface area contributed by atoms with Crippen LogP contribution in [0.25, 0.3) is 0 Å². The van der Waals surface area contributed by atoms with Gasteiger partial charge in [0.05, 0.1) is 11.6 Å². The Hall–Kier alpha value is -2.88. The molecular weight excluding hydrogens is 440 g/mol. The van der Waals surface area contributed by atoms with Gasteiger partial charge >= 0.3 is 0 Å². The van der Waals surface area contributed by atoms with Crippen molar-refractivity contribution in [3.05, 3.63) is 50.4 Å². The summed E-state index contributed by atoms with van der Waals surface area (Å²) in [4.78, 5) is 40.0. The number of aliphatic hydroxyl groups excluding tert-OH is 2. The highest BCUT2D eigenvalue weighted by Crippen LogP contribution is 2.53. The van der Waals surface area contributed by atoms with Crippen molar-refractivity contribution in [2.45, 2.75) is 31.4 Å². The number of allylic oxidation sites excluding steroid dienone is 1. The zero-order chi connectivity index (χ0) is 23.9. The minimum absolute atomic E-state index is 0.0245. The highest BCUT2D eigenvalue weighted by Gasteiger charge is 2.63. The smallest absolute Gasteiger partial charge is 0.255 e. The van der Waals surface area contributed by atoms with Crippen molar-refractivity contribution >= 4 is 29.1 Å². The highest BCUT2D eigenvalue weighted by atomic mass is 35.5. The quantitative estimate of drug-likeness (QED) is 0.408. The molecule has 0 heterocycles. The van der Waals surface area contributed by atoms with E-state index in [0.717, 1.165) is 0 Å². The number of Topliss-reactive ketones (excluding diaryl/α,β-unsaturated/α-hetero) is 2. The standard InChI is InChI=1S/C22H23ClN2O7/c1-7-4-11(23)9-5-8-6-10-15(25(2)3)18(28)14(21(24)31)20(30)22(10,32)19(29)12(8)17(27)13(9)16(7)26/h4,8,10,15,26,28-29,32H,5-6H2,1-3H3,(H2,24,31)/t8-,10-,15-,22-/m0/s1. The number of carbonyl (C=O) groups excluding carboxylic acids is 3. The summed E-state index contributed by atoms with van der Waals surface area (Å²) in [7, 11) is 3.15. The van der Waals surface area contributed by atoms with E-state index in [2.05, 4.69) is 0 Å². The summed E-state index contributed by atoms with van der Waals surface area (Å²) in [5, 5.41) is 44.1.